The smallest absolute Gasteiger partial charge is 0.150 e. The highest BCUT2D eigenvalue weighted by molar-refractivity contribution is 9.10. The van der Waals surface area contributed by atoms with E-state index in [4.69, 9.17) is 0 Å². The zero-order chi connectivity index (χ0) is 12.5. The first-order valence-electron chi connectivity index (χ1n) is 5.40. The molecule has 1 aromatic heterocycles. The lowest BCUT2D eigenvalue weighted by Gasteiger charge is -2.05. The Hall–Kier alpha value is -0.200. The number of thiophene rings is 1. The van der Waals surface area contributed by atoms with Crippen molar-refractivity contribution in [2.45, 2.75) is 19.3 Å². The van der Waals surface area contributed by atoms with Crippen LogP contribution in [0.15, 0.2) is 15.9 Å². The first-order chi connectivity index (χ1) is 7.96. The van der Waals surface area contributed by atoms with Gasteiger partial charge in [-0.2, -0.15) is 0 Å². The van der Waals surface area contributed by atoms with Crippen LogP contribution in [0, 0.1) is 5.92 Å². The van der Waals surface area contributed by atoms with Gasteiger partial charge in [-0.1, -0.05) is 0 Å². The number of halogens is 1. The summed E-state index contributed by atoms with van der Waals surface area (Å²) in [6.45, 7) is 0. The van der Waals surface area contributed by atoms with Crippen molar-refractivity contribution in [2.75, 3.05) is 11.5 Å². The van der Waals surface area contributed by atoms with Gasteiger partial charge in [-0.25, -0.2) is 8.42 Å². The summed E-state index contributed by atoms with van der Waals surface area (Å²) in [5.41, 5.74) is 0. The fourth-order valence-electron chi connectivity index (χ4n) is 2.06. The Morgan fingerprint density at radius 3 is 2.82 bits per heavy atom. The Labute approximate surface area is 113 Å². The van der Waals surface area contributed by atoms with Crippen molar-refractivity contribution < 1.29 is 13.2 Å². The lowest BCUT2D eigenvalue weighted by atomic mass is 10.0. The largest absolute Gasteiger partial charge is 0.299 e. The van der Waals surface area contributed by atoms with E-state index in [9.17, 15) is 13.2 Å². The van der Waals surface area contributed by atoms with Crippen molar-refractivity contribution in [1.82, 2.24) is 0 Å². The maximum Gasteiger partial charge on any atom is 0.150 e. The normalized spacial score (nSPS) is 22.8. The molecule has 6 heteroatoms. The average molecular weight is 337 g/mol. The van der Waals surface area contributed by atoms with Crippen LogP contribution in [0.2, 0.25) is 0 Å². The number of sulfone groups is 1. The summed E-state index contributed by atoms with van der Waals surface area (Å²) in [4.78, 5) is 12.8. The van der Waals surface area contributed by atoms with E-state index in [1.165, 1.54) is 0 Å². The summed E-state index contributed by atoms with van der Waals surface area (Å²) in [5.74, 6) is 0.597. The minimum Gasteiger partial charge on any atom is -0.299 e. The second-order valence-corrected chi connectivity index (χ2v) is 8.46. The fourth-order valence-corrected chi connectivity index (χ4v) is 5.44. The summed E-state index contributed by atoms with van der Waals surface area (Å²) < 4.78 is 23.5. The molecule has 1 atom stereocenters. The Kier molecular flexibility index (Phi) is 4.05. The quantitative estimate of drug-likeness (QED) is 0.848. The van der Waals surface area contributed by atoms with E-state index >= 15 is 0 Å². The predicted octanol–water partition coefficient (Wildman–Crippen LogP) is 2.45. The molecule has 0 amide bonds. The maximum atomic E-state index is 11.8. The van der Waals surface area contributed by atoms with E-state index in [0.29, 0.717) is 19.3 Å². The van der Waals surface area contributed by atoms with Gasteiger partial charge in [-0.3, -0.25) is 4.79 Å². The van der Waals surface area contributed by atoms with Crippen LogP contribution < -0.4 is 0 Å². The third-order valence-electron chi connectivity index (χ3n) is 2.89. The van der Waals surface area contributed by atoms with Crippen LogP contribution in [0.25, 0.3) is 0 Å². The number of Topliss-reactive ketones (excluding diaryl/α,β-unsaturated/α-hetero) is 1. The molecule has 94 valence electrons. The predicted molar refractivity (Wildman–Crippen MR) is 72.1 cm³/mol. The second-order valence-electron chi connectivity index (χ2n) is 4.38. The summed E-state index contributed by atoms with van der Waals surface area (Å²) in [6, 6.07) is 1.92. The zero-order valence-corrected chi connectivity index (χ0v) is 12.4. The molecule has 0 spiro atoms. The van der Waals surface area contributed by atoms with E-state index < -0.39 is 9.84 Å². The maximum absolute atomic E-state index is 11.8. The van der Waals surface area contributed by atoms with E-state index in [0.717, 1.165) is 9.35 Å². The minimum absolute atomic E-state index is 0.0336. The summed E-state index contributed by atoms with van der Waals surface area (Å²) >= 11 is 4.94. The third kappa shape index (κ3) is 3.63. The van der Waals surface area contributed by atoms with Crippen molar-refractivity contribution >= 4 is 42.9 Å². The number of carbonyl (C=O) groups excluding carboxylic acids is 1. The standard InChI is InChI=1S/C11H13BrO3S2/c12-10-1-3-16-11(10)6-9(13)5-8-2-4-17(14,15)7-8/h1,3,8H,2,4-7H2. The zero-order valence-electron chi connectivity index (χ0n) is 9.19. The summed E-state index contributed by atoms with van der Waals surface area (Å²) in [5, 5.41) is 1.94. The molecule has 0 bridgehead atoms. The highest BCUT2D eigenvalue weighted by Crippen LogP contribution is 2.26. The first kappa shape index (κ1) is 13.2. The lowest BCUT2D eigenvalue weighted by molar-refractivity contribution is -0.119. The molecule has 2 rings (SSSR count). The lowest BCUT2D eigenvalue weighted by Crippen LogP contribution is -2.12. The molecule has 0 saturated carbocycles. The average Bonchev–Trinajstić information content (AvgIpc) is 2.74. The Balaban J connectivity index is 1.89. The first-order valence-corrected chi connectivity index (χ1v) is 8.90. The molecule has 1 aliphatic heterocycles. The molecular formula is C11H13BrO3S2. The molecule has 0 aliphatic carbocycles. The van der Waals surface area contributed by atoms with Gasteiger partial charge in [0.15, 0.2) is 9.84 Å². The number of ketones is 1. The van der Waals surface area contributed by atoms with Gasteiger partial charge in [-0.05, 0) is 39.7 Å². The van der Waals surface area contributed by atoms with Gasteiger partial charge in [0.2, 0.25) is 0 Å². The number of hydrogen-bond donors (Lipinski definition) is 0. The molecule has 1 aliphatic rings. The minimum atomic E-state index is -2.87. The number of hydrogen-bond acceptors (Lipinski definition) is 4. The van der Waals surface area contributed by atoms with Crippen molar-refractivity contribution in [2.24, 2.45) is 5.92 Å². The van der Waals surface area contributed by atoms with Gasteiger partial charge in [0, 0.05) is 22.2 Å². The Bertz CT molecular complexity index is 519. The molecule has 1 aromatic rings. The molecule has 0 N–H and O–H groups in total. The van der Waals surface area contributed by atoms with E-state index in [1.807, 2.05) is 11.4 Å². The molecular weight excluding hydrogens is 324 g/mol. The van der Waals surface area contributed by atoms with Crippen LogP contribution in [0.3, 0.4) is 0 Å². The number of rotatable bonds is 4. The van der Waals surface area contributed by atoms with Crippen LogP contribution in [0.1, 0.15) is 17.7 Å². The molecule has 0 aromatic carbocycles. The van der Waals surface area contributed by atoms with Crippen LogP contribution in [0.5, 0.6) is 0 Å². The molecule has 0 radical (unpaired) electrons. The van der Waals surface area contributed by atoms with Crippen LogP contribution >= 0.6 is 27.3 Å². The molecule has 2 heterocycles. The van der Waals surface area contributed by atoms with Gasteiger partial charge in [0.05, 0.1) is 11.5 Å². The summed E-state index contributed by atoms with van der Waals surface area (Å²) in [7, 11) is -2.87. The van der Waals surface area contributed by atoms with Gasteiger partial charge in [0.1, 0.15) is 5.78 Å². The van der Waals surface area contributed by atoms with Gasteiger partial charge < -0.3 is 0 Å². The molecule has 1 unspecified atom stereocenters. The third-order valence-corrected chi connectivity index (χ3v) is 6.66. The molecule has 17 heavy (non-hydrogen) atoms. The van der Waals surface area contributed by atoms with Crippen molar-refractivity contribution in [1.29, 1.82) is 0 Å². The van der Waals surface area contributed by atoms with Crippen molar-refractivity contribution in [3.63, 3.8) is 0 Å². The van der Waals surface area contributed by atoms with Crippen molar-refractivity contribution in [3.8, 4) is 0 Å². The van der Waals surface area contributed by atoms with E-state index in [-0.39, 0.29) is 23.2 Å². The van der Waals surface area contributed by atoms with Crippen LogP contribution in [-0.4, -0.2) is 25.7 Å². The van der Waals surface area contributed by atoms with Gasteiger partial charge in [-0.15, -0.1) is 11.3 Å². The molecule has 1 saturated heterocycles. The second kappa shape index (κ2) is 5.20. The topological polar surface area (TPSA) is 51.2 Å². The highest BCUT2D eigenvalue weighted by atomic mass is 79.9. The fraction of sp³-hybridized carbons (Fsp3) is 0.545. The van der Waals surface area contributed by atoms with Crippen LogP contribution in [0.4, 0.5) is 0 Å². The van der Waals surface area contributed by atoms with E-state index in [1.54, 1.807) is 11.3 Å². The van der Waals surface area contributed by atoms with E-state index in [2.05, 4.69) is 15.9 Å². The SMILES string of the molecule is O=C(Cc1sccc1Br)CC1CCS(=O)(=O)C1. The molecule has 3 nitrogen and oxygen atoms in total. The summed E-state index contributed by atoms with van der Waals surface area (Å²) in [6.07, 6.45) is 1.44. The Morgan fingerprint density at radius 1 is 1.53 bits per heavy atom. The highest BCUT2D eigenvalue weighted by Gasteiger charge is 2.29. The molecule has 1 fully saturated rings. The van der Waals surface area contributed by atoms with Gasteiger partial charge >= 0.3 is 0 Å². The van der Waals surface area contributed by atoms with Crippen LogP contribution in [-0.2, 0) is 21.1 Å². The van der Waals surface area contributed by atoms with Gasteiger partial charge in [0.25, 0.3) is 0 Å². The number of carbonyl (C=O) groups is 1. The Morgan fingerprint density at radius 2 is 2.29 bits per heavy atom. The van der Waals surface area contributed by atoms with Crippen molar-refractivity contribution in [3.05, 3.63) is 20.8 Å². The monoisotopic (exact) mass is 336 g/mol.